The molecule has 5 nitrogen and oxygen atoms in total. The van der Waals surface area contributed by atoms with Gasteiger partial charge in [-0.2, -0.15) is 0 Å². The lowest BCUT2D eigenvalue weighted by Gasteiger charge is -2.60. The molecule has 5 atom stereocenters. The summed E-state index contributed by atoms with van der Waals surface area (Å²) in [7, 11) is 0. The van der Waals surface area contributed by atoms with Crippen molar-refractivity contribution in [1.29, 1.82) is 0 Å². The van der Waals surface area contributed by atoms with Gasteiger partial charge in [-0.15, -0.1) is 0 Å². The highest BCUT2D eigenvalue weighted by Crippen LogP contribution is 2.65. The first kappa shape index (κ1) is 20.9. The molecule has 0 aromatic heterocycles. The minimum absolute atomic E-state index is 0.121. The maximum Gasteiger partial charge on any atom is 0.414 e. The number of likely N-dealkylation sites (tertiary alicyclic amines) is 1. The van der Waals surface area contributed by atoms with Crippen LogP contribution >= 0.6 is 0 Å². The van der Waals surface area contributed by atoms with Crippen LogP contribution in [0, 0.1) is 28.6 Å². The van der Waals surface area contributed by atoms with Gasteiger partial charge < -0.3 is 9.84 Å². The van der Waals surface area contributed by atoms with E-state index in [1.165, 1.54) is 25.7 Å². The van der Waals surface area contributed by atoms with E-state index in [4.69, 9.17) is 4.74 Å². The van der Waals surface area contributed by atoms with Crippen LogP contribution < -0.4 is 0 Å². The molecule has 0 radical (unpaired) electrons. The Morgan fingerprint density at radius 3 is 2.69 bits per heavy atom. The molecule has 1 aliphatic heterocycles. The largest absolute Gasteiger partial charge is 0.443 e. The van der Waals surface area contributed by atoms with E-state index < -0.39 is 5.60 Å². The molecule has 29 heavy (non-hydrogen) atoms. The van der Waals surface area contributed by atoms with E-state index in [1.807, 2.05) is 20.8 Å². The second kappa shape index (κ2) is 7.11. The van der Waals surface area contributed by atoms with Crippen molar-refractivity contribution in [2.75, 3.05) is 13.2 Å². The first-order valence-corrected chi connectivity index (χ1v) is 11.5. The van der Waals surface area contributed by atoms with Gasteiger partial charge in [-0.05, 0) is 82.5 Å². The molecule has 4 rings (SSSR count). The van der Waals surface area contributed by atoms with Gasteiger partial charge in [-0.1, -0.05) is 13.3 Å². The van der Waals surface area contributed by atoms with Crippen molar-refractivity contribution in [3.05, 3.63) is 11.8 Å². The molecular weight excluding hydrogens is 366 g/mol. The number of carbonyl (C=O) groups is 2. The first-order valence-electron chi connectivity index (χ1n) is 11.5. The van der Waals surface area contributed by atoms with Gasteiger partial charge in [-0.3, -0.25) is 9.69 Å². The zero-order chi connectivity index (χ0) is 21.0. The summed E-state index contributed by atoms with van der Waals surface area (Å²) in [6.45, 7) is 8.84. The highest BCUT2D eigenvalue weighted by atomic mass is 16.6. The van der Waals surface area contributed by atoms with Crippen molar-refractivity contribution in [2.45, 2.75) is 84.7 Å². The predicted octanol–water partition coefficient (Wildman–Crippen LogP) is 4.69. The molecule has 3 fully saturated rings. The summed E-state index contributed by atoms with van der Waals surface area (Å²) < 4.78 is 5.77. The summed E-state index contributed by atoms with van der Waals surface area (Å²) in [4.78, 5) is 27.3. The number of hydrogen-bond acceptors (Lipinski definition) is 4. The lowest BCUT2D eigenvalue weighted by molar-refractivity contribution is -0.119. The number of rotatable bonds is 2. The Balaban J connectivity index is 1.72. The molecule has 2 saturated carbocycles. The fourth-order valence-corrected chi connectivity index (χ4v) is 7.25. The number of ketones is 1. The molecule has 1 saturated heterocycles. The third-order valence-corrected chi connectivity index (χ3v) is 8.46. The molecular formula is C24H37NO4. The van der Waals surface area contributed by atoms with E-state index in [0.717, 1.165) is 25.0 Å². The topological polar surface area (TPSA) is 66.8 Å². The van der Waals surface area contributed by atoms with Gasteiger partial charge in [0.1, 0.15) is 5.60 Å². The maximum absolute atomic E-state index is 13.2. The minimum Gasteiger partial charge on any atom is -0.443 e. The smallest absolute Gasteiger partial charge is 0.414 e. The van der Waals surface area contributed by atoms with Gasteiger partial charge >= 0.3 is 6.09 Å². The highest BCUT2D eigenvalue weighted by Gasteiger charge is 2.60. The third-order valence-electron chi connectivity index (χ3n) is 8.46. The van der Waals surface area contributed by atoms with Crippen LogP contribution in [0.2, 0.25) is 0 Å². The summed E-state index contributed by atoms with van der Waals surface area (Å²) >= 11 is 0. The van der Waals surface area contributed by atoms with Crippen LogP contribution in [0.3, 0.4) is 0 Å². The first-order chi connectivity index (χ1) is 13.6. The number of aliphatic hydroxyl groups is 1. The number of piperidine rings is 1. The van der Waals surface area contributed by atoms with Gasteiger partial charge in [0.25, 0.3) is 0 Å². The Morgan fingerprint density at radius 1 is 1.24 bits per heavy atom. The van der Waals surface area contributed by atoms with E-state index in [-0.39, 0.29) is 29.3 Å². The summed E-state index contributed by atoms with van der Waals surface area (Å²) in [5.41, 5.74) is 0.403. The van der Waals surface area contributed by atoms with Crippen LogP contribution in [0.5, 0.6) is 0 Å². The van der Waals surface area contributed by atoms with Gasteiger partial charge in [0, 0.05) is 36.8 Å². The average molecular weight is 404 g/mol. The summed E-state index contributed by atoms with van der Waals surface area (Å²) in [5.74, 6) is 1.58. The number of allylic oxidation sites excluding steroid dienone is 2. The van der Waals surface area contributed by atoms with Crippen molar-refractivity contribution in [3.63, 3.8) is 0 Å². The van der Waals surface area contributed by atoms with Crippen molar-refractivity contribution in [3.8, 4) is 0 Å². The van der Waals surface area contributed by atoms with Crippen molar-refractivity contribution >= 4 is 11.9 Å². The molecule has 0 aromatic carbocycles. The van der Waals surface area contributed by atoms with Crippen molar-refractivity contribution < 1.29 is 19.4 Å². The molecule has 1 amide bonds. The fraction of sp³-hybridized carbons (Fsp3) is 0.833. The number of amides is 1. The fourth-order valence-electron chi connectivity index (χ4n) is 7.25. The number of aliphatic hydroxyl groups excluding tert-OH is 1. The van der Waals surface area contributed by atoms with Crippen LogP contribution in [0.4, 0.5) is 4.79 Å². The van der Waals surface area contributed by atoms with Crippen LogP contribution in [0.1, 0.15) is 79.1 Å². The highest BCUT2D eigenvalue weighted by molar-refractivity contribution is 5.92. The standard InChI is InChI=1S/C24H37NO4/c1-22(2,3)29-21(28)25-15-17-18(23(4)10-7-16(27)14-20(23)25)8-11-24(12-13-26)9-5-6-19(17)24/h14,17-19,26H,5-13,15H2,1-4H3/t17-,18+,19+,23-,24+/m1/s1. The number of hydrogen-bond donors (Lipinski definition) is 1. The third kappa shape index (κ3) is 3.43. The number of ether oxygens (including phenoxy) is 1. The Morgan fingerprint density at radius 2 is 2.00 bits per heavy atom. The van der Waals surface area contributed by atoms with Gasteiger partial charge in [-0.25, -0.2) is 4.79 Å². The molecule has 1 N–H and O–H groups in total. The molecule has 0 bridgehead atoms. The molecule has 0 spiro atoms. The number of carbonyl (C=O) groups excluding carboxylic acids is 2. The molecule has 0 unspecified atom stereocenters. The van der Waals surface area contributed by atoms with E-state index in [9.17, 15) is 14.7 Å². The quantitative estimate of drug-likeness (QED) is 0.727. The Hall–Kier alpha value is -1.36. The Kier molecular flexibility index (Phi) is 5.12. The van der Waals surface area contributed by atoms with Gasteiger partial charge in [0.15, 0.2) is 5.78 Å². The maximum atomic E-state index is 13.2. The van der Waals surface area contributed by atoms with E-state index in [1.54, 1.807) is 11.0 Å². The monoisotopic (exact) mass is 403 g/mol. The molecule has 0 aromatic rings. The molecule has 162 valence electrons. The molecule has 4 aliphatic rings. The lowest BCUT2D eigenvalue weighted by Crippen LogP contribution is -2.59. The van der Waals surface area contributed by atoms with E-state index >= 15 is 0 Å². The van der Waals surface area contributed by atoms with E-state index in [2.05, 4.69) is 6.92 Å². The summed E-state index contributed by atoms with van der Waals surface area (Å²) in [6.07, 6.45) is 9.59. The Labute approximate surface area is 174 Å². The normalized spacial score (nSPS) is 39.3. The van der Waals surface area contributed by atoms with Crippen molar-refractivity contribution in [2.24, 2.45) is 28.6 Å². The van der Waals surface area contributed by atoms with Crippen LogP contribution in [0.25, 0.3) is 0 Å². The SMILES string of the molecule is CC(C)(C)OC(=O)N1C[C@H]2[C@@H]3CCC[C@@]3(CCO)CC[C@@H]2[C@@]2(C)CCC(=O)C=C12. The predicted molar refractivity (Wildman–Crippen MR) is 111 cm³/mol. The summed E-state index contributed by atoms with van der Waals surface area (Å²) in [6, 6.07) is 0. The van der Waals surface area contributed by atoms with Crippen LogP contribution in [-0.2, 0) is 9.53 Å². The number of fused-ring (bicyclic) bond motifs is 5. The second-order valence-corrected chi connectivity index (χ2v) is 11.1. The molecule has 1 heterocycles. The zero-order valence-corrected chi connectivity index (χ0v) is 18.5. The zero-order valence-electron chi connectivity index (χ0n) is 18.5. The van der Waals surface area contributed by atoms with Crippen LogP contribution in [0.15, 0.2) is 11.8 Å². The Bertz CT molecular complexity index is 723. The van der Waals surface area contributed by atoms with Gasteiger partial charge in [0.2, 0.25) is 0 Å². The lowest BCUT2D eigenvalue weighted by atomic mass is 9.49. The minimum atomic E-state index is -0.565. The second-order valence-electron chi connectivity index (χ2n) is 11.1. The average Bonchev–Trinajstić information content (AvgIpc) is 3.04. The van der Waals surface area contributed by atoms with Crippen molar-refractivity contribution in [1.82, 2.24) is 4.90 Å². The number of nitrogens with zero attached hydrogens (tertiary/aromatic N) is 1. The molecule has 3 aliphatic carbocycles. The van der Waals surface area contributed by atoms with E-state index in [0.29, 0.717) is 30.7 Å². The molecule has 5 heteroatoms. The van der Waals surface area contributed by atoms with Crippen LogP contribution in [-0.4, -0.2) is 40.6 Å². The summed E-state index contributed by atoms with van der Waals surface area (Å²) in [5, 5.41) is 9.76. The van der Waals surface area contributed by atoms with Gasteiger partial charge in [0.05, 0.1) is 0 Å².